The SMILES string of the molecule is Cc1cc(F)ccc1C(CN)N(C)CC1CCN(C)C1. The number of benzene rings is 1. The predicted molar refractivity (Wildman–Crippen MR) is 81.2 cm³/mol. The van der Waals surface area contributed by atoms with Crippen LogP contribution in [0, 0.1) is 18.7 Å². The molecular formula is C16H26FN3. The molecule has 0 spiro atoms. The standard InChI is InChI=1S/C16H26FN3/c1-12-8-14(17)4-5-15(12)16(9-18)20(3)11-13-6-7-19(2)10-13/h4-5,8,13,16H,6-7,9-11,18H2,1-3H3. The summed E-state index contributed by atoms with van der Waals surface area (Å²) in [4.78, 5) is 4.70. The lowest BCUT2D eigenvalue weighted by molar-refractivity contribution is 0.211. The molecule has 2 N–H and O–H groups in total. The zero-order valence-electron chi connectivity index (χ0n) is 12.8. The molecule has 4 heteroatoms. The van der Waals surface area contributed by atoms with Gasteiger partial charge in [-0.25, -0.2) is 4.39 Å². The molecule has 2 unspecified atom stereocenters. The van der Waals surface area contributed by atoms with Gasteiger partial charge in [-0.1, -0.05) is 6.07 Å². The fourth-order valence-electron chi connectivity index (χ4n) is 3.27. The normalized spacial score (nSPS) is 21.6. The largest absolute Gasteiger partial charge is 0.329 e. The minimum atomic E-state index is -0.179. The summed E-state index contributed by atoms with van der Waals surface area (Å²) in [6.45, 7) is 5.90. The first kappa shape index (κ1) is 15.4. The average Bonchev–Trinajstić information content (AvgIpc) is 2.78. The summed E-state index contributed by atoms with van der Waals surface area (Å²) in [5, 5.41) is 0. The smallest absolute Gasteiger partial charge is 0.123 e. The summed E-state index contributed by atoms with van der Waals surface area (Å²) in [6, 6.07) is 5.16. The highest BCUT2D eigenvalue weighted by Crippen LogP contribution is 2.25. The van der Waals surface area contributed by atoms with Gasteiger partial charge in [0.1, 0.15) is 5.82 Å². The number of nitrogens with zero attached hydrogens (tertiary/aromatic N) is 2. The van der Waals surface area contributed by atoms with Gasteiger partial charge in [0.25, 0.3) is 0 Å². The van der Waals surface area contributed by atoms with Crippen LogP contribution in [0.15, 0.2) is 18.2 Å². The monoisotopic (exact) mass is 279 g/mol. The van der Waals surface area contributed by atoms with Gasteiger partial charge in [0.15, 0.2) is 0 Å². The third kappa shape index (κ3) is 3.57. The van der Waals surface area contributed by atoms with E-state index in [1.807, 2.05) is 13.0 Å². The molecule has 3 nitrogen and oxygen atoms in total. The van der Waals surface area contributed by atoms with E-state index < -0.39 is 0 Å². The molecule has 0 aliphatic carbocycles. The summed E-state index contributed by atoms with van der Waals surface area (Å²) in [5.41, 5.74) is 8.09. The third-order valence-electron chi connectivity index (χ3n) is 4.38. The van der Waals surface area contributed by atoms with Gasteiger partial charge in [-0.05, 0) is 63.2 Å². The second kappa shape index (κ2) is 6.66. The number of rotatable bonds is 5. The molecule has 1 aromatic carbocycles. The molecule has 112 valence electrons. The van der Waals surface area contributed by atoms with Crippen LogP contribution in [0.2, 0.25) is 0 Å². The Hall–Kier alpha value is -0.970. The van der Waals surface area contributed by atoms with Crippen molar-refractivity contribution in [3.63, 3.8) is 0 Å². The Morgan fingerprint density at radius 3 is 2.80 bits per heavy atom. The Balaban J connectivity index is 2.06. The van der Waals surface area contributed by atoms with Crippen LogP contribution >= 0.6 is 0 Å². The minimum absolute atomic E-state index is 0.168. The van der Waals surface area contributed by atoms with E-state index in [4.69, 9.17) is 5.73 Å². The average molecular weight is 279 g/mol. The number of likely N-dealkylation sites (N-methyl/N-ethyl adjacent to an activating group) is 1. The summed E-state index contributed by atoms with van der Waals surface area (Å²) in [5.74, 6) is 0.530. The van der Waals surface area contributed by atoms with Crippen LogP contribution in [0.4, 0.5) is 4.39 Å². The van der Waals surface area contributed by atoms with Gasteiger partial charge in [-0.2, -0.15) is 0 Å². The lowest BCUT2D eigenvalue weighted by Gasteiger charge is -2.30. The minimum Gasteiger partial charge on any atom is -0.329 e. The maximum Gasteiger partial charge on any atom is 0.123 e. The molecule has 0 saturated carbocycles. The molecule has 20 heavy (non-hydrogen) atoms. The lowest BCUT2D eigenvalue weighted by atomic mass is 9.98. The Bertz CT molecular complexity index is 449. The molecule has 0 bridgehead atoms. The number of hydrogen-bond donors (Lipinski definition) is 1. The first-order valence-electron chi connectivity index (χ1n) is 7.36. The van der Waals surface area contributed by atoms with E-state index in [-0.39, 0.29) is 11.9 Å². The molecule has 2 atom stereocenters. The van der Waals surface area contributed by atoms with Crippen LogP contribution in [0.5, 0.6) is 0 Å². The maximum absolute atomic E-state index is 13.2. The fourth-order valence-corrected chi connectivity index (χ4v) is 3.27. The van der Waals surface area contributed by atoms with Gasteiger partial charge in [-0.15, -0.1) is 0 Å². The van der Waals surface area contributed by atoms with E-state index in [1.54, 1.807) is 6.07 Å². The zero-order chi connectivity index (χ0) is 14.7. The molecule has 1 aliphatic rings. The molecule has 0 aromatic heterocycles. The van der Waals surface area contributed by atoms with Crippen molar-refractivity contribution in [1.29, 1.82) is 0 Å². The summed E-state index contributed by atoms with van der Waals surface area (Å²) >= 11 is 0. The summed E-state index contributed by atoms with van der Waals surface area (Å²) in [7, 11) is 4.29. The van der Waals surface area contributed by atoms with E-state index >= 15 is 0 Å². The summed E-state index contributed by atoms with van der Waals surface area (Å²) in [6.07, 6.45) is 1.25. The van der Waals surface area contributed by atoms with E-state index in [1.165, 1.54) is 19.0 Å². The van der Waals surface area contributed by atoms with Crippen molar-refractivity contribution in [2.75, 3.05) is 40.3 Å². The molecule has 1 heterocycles. The molecule has 2 rings (SSSR count). The summed E-state index contributed by atoms with van der Waals surface area (Å²) < 4.78 is 13.2. The van der Waals surface area contributed by atoms with Gasteiger partial charge in [0.2, 0.25) is 0 Å². The van der Waals surface area contributed by atoms with Crippen LogP contribution < -0.4 is 5.73 Å². The number of aryl methyl sites for hydroxylation is 1. The van der Waals surface area contributed by atoms with Crippen molar-refractivity contribution >= 4 is 0 Å². The Kier molecular flexibility index (Phi) is 5.13. The number of halogens is 1. The molecule has 1 aliphatic heterocycles. The topological polar surface area (TPSA) is 32.5 Å². The third-order valence-corrected chi connectivity index (χ3v) is 4.38. The van der Waals surface area contributed by atoms with Gasteiger partial charge in [0.05, 0.1) is 0 Å². The van der Waals surface area contributed by atoms with E-state index in [0.717, 1.165) is 24.2 Å². The number of nitrogens with two attached hydrogens (primary N) is 1. The first-order valence-corrected chi connectivity index (χ1v) is 7.36. The quantitative estimate of drug-likeness (QED) is 0.895. The number of hydrogen-bond acceptors (Lipinski definition) is 3. The van der Waals surface area contributed by atoms with Crippen molar-refractivity contribution in [3.8, 4) is 0 Å². The zero-order valence-corrected chi connectivity index (χ0v) is 12.8. The Labute approximate surface area is 121 Å². The van der Waals surface area contributed by atoms with Crippen LogP contribution in [0.3, 0.4) is 0 Å². The van der Waals surface area contributed by atoms with E-state index in [9.17, 15) is 4.39 Å². The highest BCUT2D eigenvalue weighted by Gasteiger charge is 2.24. The second-order valence-corrected chi connectivity index (χ2v) is 6.11. The molecule has 1 fully saturated rings. The first-order chi connectivity index (χ1) is 9.51. The second-order valence-electron chi connectivity index (χ2n) is 6.11. The van der Waals surface area contributed by atoms with Crippen LogP contribution in [0.1, 0.15) is 23.6 Å². The van der Waals surface area contributed by atoms with E-state index in [0.29, 0.717) is 12.5 Å². The molecule has 1 saturated heterocycles. The van der Waals surface area contributed by atoms with Crippen LogP contribution in [-0.2, 0) is 0 Å². The highest BCUT2D eigenvalue weighted by atomic mass is 19.1. The van der Waals surface area contributed by atoms with Crippen LogP contribution in [0.25, 0.3) is 0 Å². The Morgan fingerprint density at radius 1 is 1.50 bits per heavy atom. The molecular weight excluding hydrogens is 253 g/mol. The fraction of sp³-hybridized carbons (Fsp3) is 0.625. The van der Waals surface area contributed by atoms with E-state index in [2.05, 4.69) is 23.9 Å². The van der Waals surface area contributed by atoms with Gasteiger partial charge in [-0.3, -0.25) is 4.90 Å². The van der Waals surface area contributed by atoms with Crippen molar-refractivity contribution < 1.29 is 4.39 Å². The number of likely N-dealkylation sites (tertiary alicyclic amines) is 1. The van der Waals surface area contributed by atoms with Crippen molar-refractivity contribution in [2.45, 2.75) is 19.4 Å². The highest BCUT2D eigenvalue weighted by molar-refractivity contribution is 5.29. The molecule has 1 aromatic rings. The van der Waals surface area contributed by atoms with Crippen molar-refractivity contribution in [1.82, 2.24) is 9.80 Å². The van der Waals surface area contributed by atoms with Crippen LogP contribution in [-0.4, -0.2) is 50.1 Å². The maximum atomic E-state index is 13.2. The van der Waals surface area contributed by atoms with Crippen molar-refractivity contribution in [2.24, 2.45) is 11.7 Å². The van der Waals surface area contributed by atoms with Gasteiger partial charge < -0.3 is 10.6 Å². The Morgan fingerprint density at radius 2 is 2.25 bits per heavy atom. The molecule has 0 radical (unpaired) electrons. The van der Waals surface area contributed by atoms with Crippen molar-refractivity contribution in [3.05, 3.63) is 35.1 Å². The lowest BCUT2D eigenvalue weighted by Crippen LogP contribution is -2.35. The predicted octanol–water partition coefficient (Wildman–Crippen LogP) is 2.02. The van der Waals surface area contributed by atoms with Gasteiger partial charge >= 0.3 is 0 Å². The van der Waals surface area contributed by atoms with Gasteiger partial charge in [0, 0.05) is 25.7 Å². The molecule has 0 amide bonds.